The van der Waals surface area contributed by atoms with E-state index in [2.05, 4.69) is 5.32 Å². The quantitative estimate of drug-likeness (QED) is 0.627. The molecule has 10 heteroatoms. The number of methoxy groups -OCH3 is 1. The molecule has 1 amide bonds. The van der Waals surface area contributed by atoms with Crippen LogP contribution in [0.4, 0.5) is 5.69 Å². The molecule has 2 aromatic rings. The van der Waals surface area contributed by atoms with E-state index < -0.39 is 15.9 Å². The van der Waals surface area contributed by atoms with Crippen LogP contribution in [0.2, 0.25) is 15.1 Å². The topological polar surface area (TPSA) is 75.7 Å². The third-order valence-electron chi connectivity index (χ3n) is 4.90. The van der Waals surface area contributed by atoms with Gasteiger partial charge in [0.1, 0.15) is 5.75 Å². The van der Waals surface area contributed by atoms with Crippen LogP contribution in [-0.2, 0) is 20.6 Å². The third kappa shape index (κ3) is 5.59. The van der Waals surface area contributed by atoms with Gasteiger partial charge in [0.05, 0.1) is 33.8 Å². The number of piperidine rings is 1. The molecule has 3 rings (SSSR count). The number of ether oxygens (including phenoxy) is 1. The molecule has 0 spiro atoms. The molecule has 1 aliphatic heterocycles. The molecule has 0 radical (unpaired) electrons. The normalized spacial score (nSPS) is 17.5. The summed E-state index contributed by atoms with van der Waals surface area (Å²) in [5, 5.41) is 3.86. The fourth-order valence-electron chi connectivity index (χ4n) is 3.33. The average Bonchev–Trinajstić information content (AvgIpc) is 2.71. The van der Waals surface area contributed by atoms with E-state index in [1.54, 1.807) is 36.4 Å². The Hall–Kier alpha value is -1.51. The van der Waals surface area contributed by atoms with Crippen molar-refractivity contribution in [1.82, 2.24) is 4.31 Å². The number of benzene rings is 2. The summed E-state index contributed by atoms with van der Waals surface area (Å²) in [5.41, 5.74) is 1.07. The summed E-state index contributed by atoms with van der Waals surface area (Å²) in [6.45, 7) is 0.501. The van der Waals surface area contributed by atoms with Crippen LogP contribution in [-0.4, -0.2) is 38.8 Å². The minimum Gasteiger partial charge on any atom is -0.495 e. The number of amides is 1. The highest BCUT2D eigenvalue weighted by atomic mass is 35.5. The highest BCUT2D eigenvalue weighted by molar-refractivity contribution is 7.88. The summed E-state index contributed by atoms with van der Waals surface area (Å²) >= 11 is 18.0. The second-order valence-corrected chi connectivity index (χ2v) is 10.2. The number of nitrogens with one attached hydrogen (secondary N) is 1. The number of sulfonamides is 1. The Morgan fingerprint density at radius 3 is 2.57 bits per heavy atom. The second kappa shape index (κ2) is 9.75. The zero-order chi connectivity index (χ0) is 21.9. The van der Waals surface area contributed by atoms with E-state index in [4.69, 9.17) is 39.5 Å². The first-order valence-corrected chi connectivity index (χ1v) is 12.0. The molecule has 1 heterocycles. The van der Waals surface area contributed by atoms with Gasteiger partial charge in [-0.3, -0.25) is 4.79 Å². The molecular weight excluding hydrogens is 471 g/mol. The van der Waals surface area contributed by atoms with Crippen LogP contribution in [0.25, 0.3) is 0 Å². The Kier molecular flexibility index (Phi) is 7.52. The molecule has 0 aliphatic carbocycles. The molecular formula is C20H21Cl3N2O4S. The van der Waals surface area contributed by atoms with Gasteiger partial charge in [-0.15, -0.1) is 0 Å². The van der Waals surface area contributed by atoms with Crippen molar-refractivity contribution in [3.05, 3.63) is 57.0 Å². The molecule has 2 aromatic carbocycles. The third-order valence-corrected chi connectivity index (χ3v) is 7.75. The lowest BCUT2D eigenvalue weighted by Crippen LogP contribution is -2.44. The van der Waals surface area contributed by atoms with E-state index in [9.17, 15) is 13.2 Å². The largest absolute Gasteiger partial charge is 0.495 e. The van der Waals surface area contributed by atoms with Gasteiger partial charge >= 0.3 is 0 Å². The van der Waals surface area contributed by atoms with Crippen LogP contribution in [0.3, 0.4) is 0 Å². The van der Waals surface area contributed by atoms with E-state index in [1.807, 2.05) is 0 Å². The summed E-state index contributed by atoms with van der Waals surface area (Å²) in [7, 11) is -2.10. The van der Waals surface area contributed by atoms with Gasteiger partial charge in [-0.2, -0.15) is 0 Å². The van der Waals surface area contributed by atoms with Gasteiger partial charge in [0.25, 0.3) is 0 Å². The Morgan fingerprint density at radius 2 is 1.90 bits per heavy atom. The van der Waals surface area contributed by atoms with Gasteiger partial charge in [0, 0.05) is 18.8 Å². The summed E-state index contributed by atoms with van der Waals surface area (Å²) in [5.74, 6) is -0.396. The number of rotatable bonds is 6. The van der Waals surface area contributed by atoms with Gasteiger partial charge in [-0.1, -0.05) is 40.9 Å². The Morgan fingerprint density at radius 1 is 1.13 bits per heavy atom. The van der Waals surface area contributed by atoms with Crippen LogP contribution in [0.15, 0.2) is 36.4 Å². The number of hydrogen-bond acceptors (Lipinski definition) is 4. The van der Waals surface area contributed by atoms with Crippen LogP contribution in [0.5, 0.6) is 5.75 Å². The SMILES string of the molecule is COc1ccc(NC(=O)[C@H]2CCCN(S(=O)(=O)Cc3ccc(Cl)c(Cl)c3)C2)cc1Cl. The van der Waals surface area contributed by atoms with Crippen molar-refractivity contribution in [2.45, 2.75) is 18.6 Å². The molecule has 162 valence electrons. The first-order valence-electron chi connectivity index (χ1n) is 9.26. The Balaban J connectivity index is 1.67. The lowest BCUT2D eigenvalue weighted by molar-refractivity contribution is -0.120. The van der Waals surface area contributed by atoms with Crippen molar-refractivity contribution in [2.24, 2.45) is 5.92 Å². The number of hydrogen-bond donors (Lipinski definition) is 1. The smallest absolute Gasteiger partial charge is 0.228 e. The summed E-state index contributed by atoms with van der Waals surface area (Å²) < 4.78 is 32.2. The number of halogens is 3. The molecule has 0 aromatic heterocycles. The maximum Gasteiger partial charge on any atom is 0.228 e. The lowest BCUT2D eigenvalue weighted by Gasteiger charge is -2.31. The van der Waals surface area contributed by atoms with E-state index in [0.717, 1.165) is 0 Å². The minimum absolute atomic E-state index is 0.124. The van der Waals surface area contributed by atoms with Gasteiger partial charge in [0.15, 0.2) is 0 Å². The standard InChI is InChI=1S/C20H21Cl3N2O4S/c1-29-19-7-5-15(10-18(19)23)24-20(26)14-3-2-8-25(11-14)30(27,28)12-13-4-6-16(21)17(22)9-13/h4-7,9-10,14H,2-3,8,11-12H2,1H3,(H,24,26)/t14-/m0/s1. The molecule has 0 saturated carbocycles. The molecule has 6 nitrogen and oxygen atoms in total. The van der Waals surface area contributed by atoms with Crippen molar-refractivity contribution in [3.63, 3.8) is 0 Å². The van der Waals surface area contributed by atoms with Crippen LogP contribution < -0.4 is 10.1 Å². The highest BCUT2D eigenvalue weighted by Gasteiger charge is 2.32. The molecule has 0 unspecified atom stereocenters. The van der Waals surface area contributed by atoms with Crippen LogP contribution in [0.1, 0.15) is 18.4 Å². The zero-order valence-electron chi connectivity index (χ0n) is 16.2. The molecule has 30 heavy (non-hydrogen) atoms. The molecule has 1 saturated heterocycles. The predicted octanol–water partition coefficient (Wildman–Crippen LogP) is 4.84. The summed E-state index contributed by atoms with van der Waals surface area (Å²) in [6, 6.07) is 9.69. The fraction of sp³-hybridized carbons (Fsp3) is 0.350. The lowest BCUT2D eigenvalue weighted by atomic mass is 9.98. The molecule has 1 fully saturated rings. The summed E-state index contributed by atoms with van der Waals surface area (Å²) in [6.07, 6.45) is 1.20. The Bertz CT molecular complexity index is 1050. The molecule has 1 atom stereocenters. The molecule has 1 N–H and O–H groups in total. The van der Waals surface area contributed by atoms with Crippen molar-refractivity contribution in [2.75, 3.05) is 25.5 Å². The van der Waals surface area contributed by atoms with Crippen molar-refractivity contribution in [1.29, 1.82) is 0 Å². The van der Waals surface area contributed by atoms with Gasteiger partial charge in [-0.05, 0) is 48.7 Å². The number of carbonyl (C=O) groups excluding carboxylic acids is 1. The van der Waals surface area contributed by atoms with Gasteiger partial charge in [-0.25, -0.2) is 12.7 Å². The minimum atomic E-state index is -3.61. The van der Waals surface area contributed by atoms with E-state index in [-0.39, 0.29) is 18.2 Å². The van der Waals surface area contributed by atoms with Crippen LogP contribution >= 0.6 is 34.8 Å². The van der Waals surface area contributed by atoms with Crippen LogP contribution in [0, 0.1) is 5.92 Å². The van der Waals surface area contributed by atoms with E-state index in [1.165, 1.54) is 11.4 Å². The Labute approximate surface area is 191 Å². The van der Waals surface area contributed by atoms with Crippen molar-refractivity contribution in [3.8, 4) is 5.75 Å². The first kappa shape index (κ1) is 23.2. The predicted molar refractivity (Wildman–Crippen MR) is 120 cm³/mol. The monoisotopic (exact) mass is 490 g/mol. The number of carbonyl (C=O) groups is 1. The molecule has 1 aliphatic rings. The first-order chi connectivity index (χ1) is 14.2. The summed E-state index contributed by atoms with van der Waals surface area (Å²) in [4.78, 5) is 12.7. The van der Waals surface area contributed by atoms with Crippen molar-refractivity contribution >= 4 is 56.4 Å². The maximum atomic E-state index is 12.9. The second-order valence-electron chi connectivity index (χ2n) is 7.04. The number of anilines is 1. The molecule has 0 bridgehead atoms. The highest BCUT2D eigenvalue weighted by Crippen LogP contribution is 2.29. The van der Waals surface area contributed by atoms with E-state index >= 15 is 0 Å². The fourth-order valence-corrected chi connectivity index (χ4v) is 5.50. The van der Waals surface area contributed by atoms with Gasteiger partial charge < -0.3 is 10.1 Å². The number of nitrogens with zero attached hydrogens (tertiary/aromatic N) is 1. The zero-order valence-corrected chi connectivity index (χ0v) is 19.3. The maximum absolute atomic E-state index is 12.9. The van der Waals surface area contributed by atoms with E-state index in [0.29, 0.717) is 51.5 Å². The average molecular weight is 492 g/mol. The van der Waals surface area contributed by atoms with Crippen molar-refractivity contribution < 1.29 is 17.9 Å². The van der Waals surface area contributed by atoms with Gasteiger partial charge in [0.2, 0.25) is 15.9 Å².